The van der Waals surface area contributed by atoms with Crippen molar-refractivity contribution in [2.75, 3.05) is 6.66 Å². The average Bonchev–Trinajstić information content (AvgIpc) is 1.95. The number of hydrogen-bond acceptors (Lipinski definition) is 1. The van der Waals surface area contributed by atoms with E-state index in [2.05, 4.69) is 19.1 Å². The summed E-state index contributed by atoms with van der Waals surface area (Å²) >= 11 is 5.81. The molecule has 0 N–H and O–H groups in total. The highest BCUT2D eigenvalue weighted by atomic mass is 35.7. The summed E-state index contributed by atoms with van der Waals surface area (Å²) in [4.78, 5) is 0. The Morgan fingerprint density at radius 1 is 1.21 bits per heavy atom. The van der Waals surface area contributed by atoms with Crippen LogP contribution in [0.25, 0.3) is 0 Å². The molecular formula is C11H16ClOP. The lowest BCUT2D eigenvalue weighted by Gasteiger charge is -2.12. The van der Waals surface area contributed by atoms with Crippen molar-refractivity contribution in [1.82, 2.24) is 0 Å². The first-order valence-corrected chi connectivity index (χ1v) is 7.87. The van der Waals surface area contributed by atoms with Crippen molar-refractivity contribution < 1.29 is 4.57 Å². The van der Waals surface area contributed by atoms with Crippen molar-refractivity contribution in [3.8, 4) is 0 Å². The van der Waals surface area contributed by atoms with Gasteiger partial charge in [-0.1, -0.05) is 28.9 Å². The van der Waals surface area contributed by atoms with Crippen molar-refractivity contribution in [2.24, 2.45) is 0 Å². The Labute approximate surface area is 90.6 Å². The number of halogens is 1. The van der Waals surface area contributed by atoms with Crippen molar-refractivity contribution in [3.05, 3.63) is 34.4 Å². The Morgan fingerprint density at radius 3 is 2.00 bits per heavy atom. The molecule has 0 amide bonds. The molecule has 1 aromatic rings. The van der Waals surface area contributed by atoms with Gasteiger partial charge in [0.25, 0.3) is 0 Å². The molecule has 0 aliphatic carbocycles. The van der Waals surface area contributed by atoms with Crippen molar-refractivity contribution >= 4 is 17.7 Å². The molecule has 0 saturated heterocycles. The van der Waals surface area contributed by atoms with E-state index in [1.807, 2.05) is 13.8 Å². The van der Waals surface area contributed by atoms with E-state index in [0.717, 1.165) is 5.56 Å². The first-order valence-electron chi connectivity index (χ1n) is 4.62. The van der Waals surface area contributed by atoms with Crippen LogP contribution in [0.1, 0.15) is 22.3 Å². The molecule has 1 atom stereocenters. The Hall–Kier alpha value is -0.260. The van der Waals surface area contributed by atoms with Crippen LogP contribution in [0.2, 0.25) is 0 Å². The van der Waals surface area contributed by atoms with Crippen LogP contribution >= 0.6 is 17.7 Å². The maximum absolute atomic E-state index is 11.5. The molecule has 0 aliphatic rings. The van der Waals surface area contributed by atoms with E-state index in [1.165, 1.54) is 16.7 Å². The van der Waals surface area contributed by atoms with Crippen LogP contribution in [0.5, 0.6) is 0 Å². The van der Waals surface area contributed by atoms with E-state index in [4.69, 9.17) is 11.2 Å². The van der Waals surface area contributed by atoms with Crippen LogP contribution in [0, 0.1) is 20.8 Å². The zero-order valence-electron chi connectivity index (χ0n) is 9.10. The largest absolute Gasteiger partial charge is 0.307 e. The van der Waals surface area contributed by atoms with Gasteiger partial charge in [0.2, 0.25) is 0 Å². The fourth-order valence-corrected chi connectivity index (χ4v) is 3.16. The number of rotatable bonds is 2. The standard InChI is InChI=1S/C11H16ClOP/c1-8-5-9(2)11(10(3)6-8)7-14(4,12)13/h5-6H,7H2,1-4H3/t14-/m1/s1. The van der Waals surface area contributed by atoms with Gasteiger partial charge in [-0.25, -0.2) is 0 Å². The molecule has 14 heavy (non-hydrogen) atoms. The molecular weight excluding hydrogens is 215 g/mol. The molecule has 1 aromatic carbocycles. The molecule has 0 radical (unpaired) electrons. The summed E-state index contributed by atoms with van der Waals surface area (Å²) in [5, 5.41) is 0. The molecule has 0 aliphatic heterocycles. The van der Waals surface area contributed by atoms with E-state index in [-0.39, 0.29) is 0 Å². The van der Waals surface area contributed by atoms with Crippen LogP contribution in [0.3, 0.4) is 0 Å². The van der Waals surface area contributed by atoms with Crippen LogP contribution in [0.15, 0.2) is 12.1 Å². The van der Waals surface area contributed by atoms with E-state index >= 15 is 0 Å². The molecule has 3 heteroatoms. The average molecular weight is 231 g/mol. The second-order valence-corrected chi connectivity index (χ2v) is 8.45. The molecule has 0 unspecified atom stereocenters. The summed E-state index contributed by atoms with van der Waals surface area (Å²) < 4.78 is 11.5. The second kappa shape index (κ2) is 4.08. The maximum atomic E-state index is 11.5. The third kappa shape index (κ3) is 3.15. The summed E-state index contributed by atoms with van der Waals surface area (Å²) in [5.41, 5.74) is 4.75. The Morgan fingerprint density at radius 2 is 1.64 bits per heavy atom. The summed E-state index contributed by atoms with van der Waals surface area (Å²) in [7, 11) is 0. The van der Waals surface area contributed by atoms with Crippen LogP contribution in [-0.2, 0) is 10.7 Å². The van der Waals surface area contributed by atoms with Crippen LogP contribution in [0.4, 0.5) is 0 Å². The van der Waals surface area contributed by atoms with Gasteiger partial charge in [-0.3, -0.25) is 0 Å². The predicted octanol–water partition coefficient (Wildman–Crippen LogP) is 4.26. The van der Waals surface area contributed by atoms with Gasteiger partial charge >= 0.3 is 0 Å². The Kier molecular flexibility index (Phi) is 3.44. The first kappa shape index (κ1) is 11.8. The first-order chi connectivity index (χ1) is 6.29. The topological polar surface area (TPSA) is 17.1 Å². The van der Waals surface area contributed by atoms with Crippen molar-refractivity contribution in [2.45, 2.75) is 26.9 Å². The summed E-state index contributed by atoms with van der Waals surface area (Å²) in [5.74, 6) is 0. The van der Waals surface area contributed by atoms with Crippen LogP contribution in [-0.4, -0.2) is 6.66 Å². The smallest absolute Gasteiger partial charge is 0.170 e. The summed E-state index contributed by atoms with van der Waals surface area (Å²) in [6.07, 6.45) is 0.493. The van der Waals surface area contributed by atoms with E-state index in [1.54, 1.807) is 6.66 Å². The minimum atomic E-state index is -2.48. The number of benzene rings is 1. The van der Waals surface area contributed by atoms with Gasteiger partial charge in [0.05, 0.1) is 0 Å². The third-order valence-corrected chi connectivity index (χ3v) is 3.52. The monoisotopic (exact) mass is 230 g/mol. The Balaban J connectivity index is 3.15. The zero-order chi connectivity index (χ0) is 10.9. The van der Waals surface area contributed by atoms with Crippen molar-refractivity contribution in [3.63, 3.8) is 0 Å². The molecule has 0 heterocycles. The lowest BCUT2D eigenvalue weighted by molar-refractivity contribution is 0.587. The molecule has 0 spiro atoms. The van der Waals surface area contributed by atoms with Crippen molar-refractivity contribution in [1.29, 1.82) is 0 Å². The minimum absolute atomic E-state index is 0.493. The Bertz CT molecular complexity index is 369. The molecule has 1 rings (SSSR count). The van der Waals surface area contributed by atoms with Gasteiger partial charge in [0.1, 0.15) is 0 Å². The lowest BCUT2D eigenvalue weighted by atomic mass is 10.0. The normalized spacial score (nSPS) is 15.2. The summed E-state index contributed by atoms with van der Waals surface area (Å²) in [6, 6.07) is 4.21. The van der Waals surface area contributed by atoms with Gasteiger partial charge < -0.3 is 4.57 Å². The molecule has 0 saturated carbocycles. The fraction of sp³-hybridized carbons (Fsp3) is 0.455. The van der Waals surface area contributed by atoms with Gasteiger partial charge in [-0.15, -0.1) is 0 Å². The van der Waals surface area contributed by atoms with E-state index in [0.29, 0.717) is 6.16 Å². The van der Waals surface area contributed by atoms with Crippen LogP contribution < -0.4 is 0 Å². The SMILES string of the molecule is Cc1cc(C)c(C[P@@](C)(=O)Cl)c(C)c1. The molecule has 0 bridgehead atoms. The second-order valence-electron chi connectivity index (χ2n) is 4.02. The molecule has 78 valence electrons. The molecule has 1 nitrogen and oxygen atoms in total. The zero-order valence-corrected chi connectivity index (χ0v) is 10.7. The highest BCUT2D eigenvalue weighted by Crippen LogP contribution is 2.51. The highest BCUT2D eigenvalue weighted by Gasteiger charge is 2.14. The number of aryl methyl sites for hydroxylation is 3. The molecule has 0 fully saturated rings. The fourth-order valence-electron chi connectivity index (χ4n) is 1.74. The maximum Gasteiger partial charge on any atom is 0.170 e. The lowest BCUT2D eigenvalue weighted by Crippen LogP contribution is -1.94. The van der Waals surface area contributed by atoms with E-state index < -0.39 is 6.49 Å². The predicted molar refractivity (Wildman–Crippen MR) is 63.7 cm³/mol. The van der Waals surface area contributed by atoms with Gasteiger partial charge in [-0.2, -0.15) is 0 Å². The third-order valence-electron chi connectivity index (χ3n) is 2.28. The highest BCUT2D eigenvalue weighted by molar-refractivity contribution is 7.87. The molecule has 0 aromatic heterocycles. The van der Waals surface area contributed by atoms with Gasteiger partial charge in [-0.05, 0) is 37.5 Å². The van der Waals surface area contributed by atoms with Gasteiger partial charge in [0.15, 0.2) is 6.49 Å². The quantitative estimate of drug-likeness (QED) is 0.694. The van der Waals surface area contributed by atoms with E-state index in [9.17, 15) is 4.57 Å². The number of hydrogen-bond donors (Lipinski definition) is 0. The minimum Gasteiger partial charge on any atom is -0.307 e. The van der Waals surface area contributed by atoms with Gasteiger partial charge in [0, 0.05) is 12.8 Å². The summed E-state index contributed by atoms with van der Waals surface area (Å²) in [6.45, 7) is 5.29.